The van der Waals surface area contributed by atoms with E-state index in [-0.39, 0.29) is 5.91 Å². The van der Waals surface area contributed by atoms with E-state index < -0.39 is 18.1 Å². The molecular formula is C29H36N2O3SSi. The van der Waals surface area contributed by atoms with Crippen LogP contribution in [0.3, 0.4) is 0 Å². The molecule has 0 aliphatic carbocycles. The molecule has 0 N–H and O–H groups in total. The highest BCUT2D eigenvalue weighted by Gasteiger charge is 2.38. The van der Waals surface area contributed by atoms with Gasteiger partial charge in [-0.2, -0.15) is 4.31 Å². The Hall–Kier alpha value is -2.74. The predicted octanol–water partition coefficient (Wildman–Crippen LogP) is 5.41. The Labute approximate surface area is 216 Å². The second-order valence-electron chi connectivity index (χ2n) is 10.9. The van der Waals surface area contributed by atoms with Crippen LogP contribution in [0.5, 0.6) is 0 Å². The van der Waals surface area contributed by atoms with E-state index in [4.69, 9.17) is 0 Å². The molecule has 4 rings (SSSR count). The lowest BCUT2D eigenvalue weighted by molar-refractivity contribution is -0.116. The van der Waals surface area contributed by atoms with Gasteiger partial charge in [0.2, 0.25) is 15.9 Å². The zero-order valence-corrected chi connectivity index (χ0v) is 24.2. The third kappa shape index (κ3) is 4.79. The molecule has 5 nitrogen and oxygen atoms in total. The van der Waals surface area contributed by atoms with Crippen LogP contribution in [0.15, 0.2) is 59.5 Å². The third-order valence-electron chi connectivity index (χ3n) is 7.15. The summed E-state index contributed by atoms with van der Waals surface area (Å²) in [6.45, 7) is 15.8. The Morgan fingerprint density at radius 1 is 0.889 bits per heavy atom. The molecule has 0 spiro atoms. The number of carbonyl (C=O) groups is 1. The molecule has 0 saturated heterocycles. The van der Waals surface area contributed by atoms with E-state index in [1.54, 1.807) is 23.4 Å². The molecule has 3 aromatic carbocycles. The molecule has 1 heterocycles. The average molecular weight is 521 g/mol. The quantitative estimate of drug-likeness (QED) is 0.408. The number of hydrogen-bond donors (Lipinski definition) is 0. The van der Waals surface area contributed by atoms with Crippen molar-refractivity contribution in [3.63, 3.8) is 0 Å². The molecule has 1 aliphatic heterocycles. The maximum atomic E-state index is 13.6. The van der Waals surface area contributed by atoms with Crippen molar-refractivity contribution >= 4 is 34.9 Å². The van der Waals surface area contributed by atoms with Crippen LogP contribution in [-0.2, 0) is 34.5 Å². The van der Waals surface area contributed by atoms with Crippen LogP contribution in [0.1, 0.15) is 40.3 Å². The summed E-state index contributed by atoms with van der Waals surface area (Å²) in [4.78, 5) is 15.3. The van der Waals surface area contributed by atoms with Gasteiger partial charge in [0, 0.05) is 25.7 Å². The molecule has 0 fully saturated rings. The lowest BCUT2D eigenvalue weighted by Crippen LogP contribution is -2.46. The smallest absolute Gasteiger partial charge is 0.243 e. The van der Waals surface area contributed by atoms with Gasteiger partial charge >= 0.3 is 0 Å². The normalized spacial score (nSPS) is 14.1. The van der Waals surface area contributed by atoms with E-state index in [0.717, 1.165) is 39.1 Å². The number of rotatable bonds is 6. The maximum Gasteiger partial charge on any atom is 0.243 e. The van der Waals surface area contributed by atoms with Crippen LogP contribution >= 0.6 is 0 Å². The first-order valence-corrected chi connectivity index (χ1v) is 17.3. The Morgan fingerprint density at radius 3 is 1.97 bits per heavy atom. The van der Waals surface area contributed by atoms with Gasteiger partial charge in [0.05, 0.1) is 19.5 Å². The van der Waals surface area contributed by atoms with E-state index in [2.05, 4.69) is 33.5 Å². The molecular weight excluding hydrogens is 484 g/mol. The van der Waals surface area contributed by atoms with Crippen molar-refractivity contribution in [2.45, 2.75) is 71.9 Å². The Balaban J connectivity index is 1.86. The summed E-state index contributed by atoms with van der Waals surface area (Å²) >= 11 is 0. The zero-order chi connectivity index (χ0) is 26.4. The number of nitrogens with zero attached hydrogens (tertiary/aromatic N) is 2. The molecule has 0 unspecified atom stereocenters. The topological polar surface area (TPSA) is 57.7 Å². The van der Waals surface area contributed by atoms with Gasteiger partial charge < -0.3 is 4.90 Å². The molecule has 1 aliphatic rings. The number of benzene rings is 3. The average Bonchev–Trinajstić information content (AvgIpc) is 3.27. The van der Waals surface area contributed by atoms with Gasteiger partial charge in [0.1, 0.15) is 0 Å². The van der Waals surface area contributed by atoms with Gasteiger partial charge in [-0.15, -0.1) is 0 Å². The third-order valence-corrected chi connectivity index (χ3v) is 11.1. The van der Waals surface area contributed by atoms with Crippen molar-refractivity contribution in [3.8, 4) is 0 Å². The summed E-state index contributed by atoms with van der Waals surface area (Å²) in [7, 11) is -5.56. The van der Waals surface area contributed by atoms with E-state index >= 15 is 0 Å². The monoisotopic (exact) mass is 520 g/mol. The van der Waals surface area contributed by atoms with Crippen LogP contribution in [0.25, 0.3) is 0 Å². The van der Waals surface area contributed by atoms with Crippen LogP contribution in [0.4, 0.5) is 5.69 Å². The van der Waals surface area contributed by atoms with Crippen LogP contribution in [0, 0.1) is 20.8 Å². The summed E-state index contributed by atoms with van der Waals surface area (Å²) in [6.07, 6.45) is 0. The van der Waals surface area contributed by atoms with Gasteiger partial charge in [-0.1, -0.05) is 67.7 Å². The first-order valence-electron chi connectivity index (χ1n) is 12.4. The number of fused-ring (bicyclic) bond motifs is 1. The molecule has 1 amide bonds. The summed E-state index contributed by atoms with van der Waals surface area (Å²) in [6, 6.07) is 17.1. The summed E-state index contributed by atoms with van der Waals surface area (Å²) < 4.78 is 28.7. The van der Waals surface area contributed by atoms with Crippen molar-refractivity contribution < 1.29 is 13.2 Å². The molecule has 0 aromatic heterocycles. The van der Waals surface area contributed by atoms with Crippen LogP contribution in [0.2, 0.25) is 19.6 Å². The van der Waals surface area contributed by atoms with E-state index in [9.17, 15) is 13.2 Å². The van der Waals surface area contributed by atoms with E-state index in [0.29, 0.717) is 24.5 Å². The number of carbonyl (C=O) groups excluding carboxylic acids is 1. The van der Waals surface area contributed by atoms with Gasteiger partial charge in [-0.25, -0.2) is 8.42 Å². The van der Waals surface area contributed by atoms with Crippen LogP contribution in [-0.4, -0.2) is 26.7 Å². The van der Waals surface area contributed by atoms with Crippen molar-refractivity contribution in [3.05, 3.63) is 88.0 Å². The van der Waals surface area contributed by atoms with E-state index in [1.807, 2.05) is 54.3 Å². The predicted molar refractivity (Wildman–Crippen MR) is 150 cm³/mol. The Kier molecular flexibility index (Phi) is 7.03. The first-order chi connectivity index (χ1) is 16.8. The summed E-state index contributed by atoms with van der Waals surface area (Å²) in [5.74, 6) is -0.0112. The SMILES string of the molecule is CC(=O)N(Cc1ccccc1)c1c(C)c2c(c(C)c1[Si](C)(C)C)CN(S(=O)(=O)c1ccc(C)cc1)C2. The number of sulfonamides is 1. The highest BCUT2D eigenvalue weighted by Crippen LogP contribution is 2.38. The lowest BCUT2D eigenvalue weighted by Gasteiger charge is -2.34. The molecule has 0 saturated carbocycles. The minimum absolute atomic E-state index is 0.0112. The largest absolute Gasteiger partial charge is 0.308 e. The van der Waals surface area contributed by atoms with Crippen molar-refractivity contribution in [1.29, 1.82) is 0 Å². The Bertz CT molecular complexity index is 1410. The summed E-state index contributed by atoms with van der Waals surface area (Å²) in [5, 5.41) is 1.24. The van der Waals surface area contributed by atoms with Gasteiger partial charge in [0.15, 0.2) is 0 Å². The Morgan fingerprint density at radius 2 is 1.44 bits per heavy atom. The fraction of sp³-hybridized carbons (Fsp3) is 0.345. The van der Waals surface area contributed by atoms with Crippen molar-refractivity contribution in [1.82, 2.24) is 4.31 Å². The molecule has 0 atom stereocenters. The summed E-state index contributed by atoms with van der Waals surface area (Å²) in [5.41, 5.74) is 7.32. The zero-order valence-electron chi connectivity index (χ0n) is 22.3. The molecule has 0 bridgehead atoms. The number of anilines is 1. The first kappa shape index (κ1) is 26.3. The fourth-order valence-electron chi connectivity index (χ4n) is 5.35. The maximum absolute atomic E-state index is 13.6. The molecule has 190 valence electrons. The lowest BCUT2D eigenvalue weighted by atomic mass is 9.96. The molecule has 0 radical (unpaired) electrons. The van der Waals surface area contributed by atoms with Crippen molar-refractivity contribution in [2.24, 2.45) is 0 Å². The minimum Gasteiger partial charge on any atom is -0.308 e. The standard InChI is InChI=1S/C29H36N2O3SSi/c1-20-13-15-25(16-14-20)35(33,34)30-18-26-21(2)28(29(36(5,6)7)22(3)27(26)19-30)31(23(4)32)17-24-11-9-8-10-12-24/h8-16H,17-19H2,1-7H3. The fourth-order valence-corrected chi connectivity index (χ4v) is 9.03. The number of hydrogen-bond acceptors (Lipinski definition) is 3. The van der Waals surface area contributed by atoms with Gasteiger partial charge in [-0.05, 0) is 65.9 Å². The molecule has 7 heteroatoms. The minimum atomic E-state index is -3.64. The number of amides is 1. The second kappa shape index (κ2) is 9.61. The molecule has 3 aromatic rings. The highest BCUT2D eigenvalue weighted by molar-refractivity contribution is 7.89. The van der Waals surface area contributed by atoms with Gasteiger partial charge in [-0.3, -0.25) is 4.79 Å². The van der Waals surface area contributed by atoms with Crippen molar-refractivity contribution in [2.75, 3.05) is 4.90 Å². The highest BCUT2D eigenvalue weighted by atomic mass is 32.2. The van der Waals surface area contributed by atoms with Crippen LogP contribution < -0.4 is 10.1 Å². The number of aryl methyl sites for hydroxylation is 1. The van der Waals surface area contributed by atoms with E-state index in [1.165, 1.54) is 5.19 Å². The molecule has 36 heavy (non-hydrogen) atoms. The van der Waals surface area contributed by atoms with Gasteiger partial charge in [0.25, 0.3) is 0 Å². The second-order valence-corrected chi connectivity index (χ2v) is 17.8.